The number of rotatable bonds is 3. The van der Waals surface area contributed by atoms with E-state index in [2.05, 4.69) is 90.1 Å². The van der Waals surface area contributed by atoms with Crippen molar-refractivity contribution in [2.24, 2.45) is 0 Å². The first kappa shape index (κ1) is 26.3. The van der Waals surface area contributed by atoms with Crippen LogP contribution in [0, 0.1) is 6.92 Å². The van der Waals surface area contributed by atoms with Gasteiger partial charge in [-0.3, -0.25) is 0 Å². The minimum absolute atomic E-state index is 0.178. The van der Waals surface area contributed by atoms with Gasteiger partial charge in [0.2, 0.25) is 0 Å². The third kappa shape index (κ3) is 8.16. The molecule has 0 atom stereocenters. The van der Waals surface area contributed by atoms with Crippen molar-refractivity contribution in [3.05, 3.63) is 89.5 Å². The highest BCUT2D eigenvalue weighted by atomic mass is 32.2. The monoisotopic (exact) mass is 470 g/mol. The molecule has 0 saturated carbocycles. The van der Waals surface area contributed by atoms with Crippen LogP contribution in [0.5, 0.6) is 0 Å². The van der Waals surface area contributed by atoms with Crippen molar-refractivity contribution < 1.29 is 13.0 Å². The van der Waals surface area contributed by atoms with Crippen LogP contribution in [-0.2, 0) is 20.9 Å². The van der Waals surface area contributed by atoms with Crippen LogP contribution in [0.4, 0.5) is 0 Å². The molecule has 0 unspecified atom stereocenters. The molecule has 3 rings (SSSR count). The summed E-state index contributed by atoms with van der Waals surface area (Å²) in [6, 6.07) is 24.1. The first-order chi connectivity index (χ1) is 14.7. The molecule has 0 spiro atoms. The van der Waals surface area contributed by atoms with Gasteiger partial charge >= 0.3 is 0 Å². The van der Waals surface area contributed by atoms with Crippen molar-refractivity contribution >= 4 is 29.3 Å². The Hall–Kier alpha value is -2.00. The molecule has 3 nitrogen and oxygen atoms in total. The Balaban J connectivity index is 0.000000278. The molecule has 0 aliphatic rings. The van der Waals surface area contributed by atoms with Gasteiger partial charge in [0.1, 0.15) is 10.1 Å². The summed E-state index contributed by atoms with van der Waals surface area (Å²) in [7, 11) is -4.08. The van der Waals surface area contributed by atoms with Gasteiger partial charge in [0.15, 0.2) is 0 Å². The lowest BCUT2D eigenvalue weighted by Crippen LogP contribution is -2.13. The topological polar surface area (TPSA) is 57.2 Å². The highest BCUT2D eigenvalue weighted by Crippen LogP contribution is 2.24. The van der Waals surface area contributed by atoms with Gasteiger partial charge in [0.05, 0.1) is 24.1 Å². The molecule has 5 heteroatoms. The van der Waals surface area contributed by atoms with E-state index in [0.29, 0.717) is 0 Å². The van der Waals surface area contributed by atoms with E-state index in [-0.39, 0.29) is 24.3 Å². The first-order valence-corrected chi connectivity index (χ1v) is 13.3. The maximum absolute atomic E-state index is 10.4. The molecular weight excluding hydrogens is 435 g/mol. The van der Waals surface area contributed by atoms with Gasteiger partial charge < -0.3 is 4.55 Å². The second kappa shape index (κ2) is 10.3. The molecule has 0 bridgehead atoms. The average molecular weight is 471 g/mol. The van der Waals surface area contributed by atoms with Gasteiger partial charge in [0, 0.05) is 0 Å². The maximum Gasteiger partial charge on any atom is 0.124 e. The molecule has 32 heavy (non-hydrogen) atoms. The number of hydrogen-bond donors (Lipinski definition) is 0. The molecule has 0 aliphatic heterocycles. The minimum atomic E-state index is -4.27. The summed E-state index contributed by atoms with van der Waals surface area (Å²) in [6.07, 6.45) is 0. The zero-order valence-electron chi connectivity index (χ0n) is 20.1. The van der Waals surface area contributed by atoms with Crippen molar-refractivity contribution in [1.82, 2.24) is 0 Å². The van der Waals surface area contributed by atoms with Crippen LogP contribution < -0.4 is 10.6 Å². The fourth-order valence-corrected chi connectivity index (χ4v) is 4.68. The highest BCUT2D eigenvalue weighted by molar-refractivity contribution is 7.85. The SMILES string of the molecule is CC(C)(C)c1ccc([PH2+]c2ccc(C(C)(C)C)cc2)cc1.Cc1ccc(S(=O)(=O)[O-])cc1. The lowest BCUT2D eigenvalue weighted by Gasteiger charge is -2.19. The van der Waals surface area contributed by atoms with Crippen molar-refractivity contribution in [3.8, 4) is 0 Å². The average Bonchev–Trinajstić information content (AvgIpc) is 2.67. The van der Waals surface area contributed by atoms with Crippen molar-refractivity contribution in [3.63, 3.8) is 0 Å². The third-order valence-electron chi connectivity index (χ3n) is 5.20. The molecule has 172 valence electrons. The fourth-order valence-electron chi connectivity index (χ4n) is 3.06. The van der Waals surface area contributed by atoms with E-state index in [1.54, 1.807) is 12.1 Å². The lowest BCUT2D eigenvalue weighted by molar-refractivity contribution is 0.463. The molecule has 0 amide bonds. The maximum atomic E-state index is 10.4. The normalized spacial score (nSPS) is 12.1. The van der Waals surface area contributed by atoms with E-state index in [1.165, 1.54) is 33.9 Å². The molecule has 0 heterocycles. The van der Waals surface area contributed by atoms with Gasteiger partial charge in [-0.1, -0.05) is 83.5 Å². The van der Waals surface area contributed by atoms with Gasteiger partial charge in [-0.15, -0.1) is 0 Å². The second-order valence-corrected chi connectivity index (χ2v) is 13.2. The van der Waals surface area contributed by atoms with Gasteiger partial charge in [-0.05, 0) is 65.3 Å². The zero-order chi connectivity index (χ0) is 24.2. The van der Waals surface area contributed by atoms with Crippen LogP contribution >= 0.6 is 8.58 Å². The van der Waals surface area contributed by atoms with Crippen LogP contribution in [0.2, 0.25) is 0 Å². The smallest absolute Gasteiger partial charge is 0.124 e. The summed E-state index contributed by atoms with van der Waals surface area (Å²) >= 11 is 0. The minimum Gasteiger partial charge on any atom is -0.744 e. The number of benzene rings is 3. The molecule has 0 radical (unpaired) electrons. The summed E-state index contributed by atoms with van der Waals surface area (Å²) in [6.45, 7) is 15.4. The molecule has 0 aliphatic carbocycles. The molecule has 3 aromatic rings. The van der Waals surface area contributed by atoms with Gasteiger partial charge in [-0.2, -0.15) is 0 Å². The van der Waals surface area contributed by atoms with E-state index in [0.717, 1.165) is 5.56 Å². The molecule has 0 saturated heterocycles. The van der Waals surface area contributed by atoms with E-state index in [9.17, 15) is 13.0 Å². The standard InChI is InChI=1S/C20H27P.C7H8O3S/c1-19(2,3)15-7-11-17(12-8-15)21-18-13-9-16(10-14-18)20(4,5)6;1-6-2-4-7(5-3-6)11(8,9)10/h7-14,21H,1-6H3;2-5H,1H3,(H,8,9,10). The van der Waals surface area contributed by atoms with Crippen molar-refractivity contribution in [2.75, 3.05) is 0 Å². The van der Waals surface area contributed by atoms with Crippen LogP contribution in [0.3, 0.4) is 0 Å². The van der Waals surface area contributed by atoms with Crippen LogP contribution in [-0.4, -0.2) is 13.0 Å². The molecular formula is C27H35O3PS. The first-order valence-electron chi connectivity index (χ1n) is 10.7. The summed E-state index contributed by atoms with van der Waals surface area (Å²) in [5.41, 5.74) is 4.23. The van der Waals surface area contributed by atoms with Crippen LogP contribution in [0.1, 0.15) is 58.2 Å². The van der Waals surface area contributed by atoms with Crippen molar-refractivity contribution in [1.29, 1.82) is 0 Å². The molecule has 3 aromatic carbocycles. The van der Waals surface area contributed by atoms with Gasteiger partial charge in [-0.25, -0.2) is 8.42 Å². The third-order valence-corrected chi connectivity index (χ3v) is 7.48. The van der Waals surface area contributed by atoms with Crippen LogP contribution in [0.25, 0.3) is 0 Å². The summed E-state index contributed by atoms with van der Waals surface area (Å²) in [5.74, 6) is 0. The Morgan fingerprint density at radius 2 is 0.969 bits per heavy atom. The summed E-state index contributed by atoms with van der Waals surface area (Å²) < 4.78 is 31.2. The zero-order valence-corrected chi connectivity index (χ0v) is 22.1. The highest BCUT2D eigenvalue weighted by Gasteiger charge is 2.15. The van der Waals surface area contributed by atoms with E-state index < -0.39 is 10.1 Å². The number of aryl methyl sites for hydroxylation is 1. The number of hydrogen-bond acceptors (Lipinski definition) is 3. The summed E-state index contributed by atoms with van der Waals surface area (Å²) in [4.78, 5) is -0.178. The Morgan fingerprint density at radius 1 is 0.625 bits per heavy atom. The molecule has 0 aromatic heterocycles. The lowest BCUT2D eigenvalue weighted by atomic mass is 9.87. The molecule has 0 N–H and O–H groups in total. The van der Waals surface area contributed by atoms with Gasteiger partial charge in [0.25, 0.3) is 0 Å². The predicted molar refractivity (Wildman–Crippen MR) is 138 cm³/mol. The Kier molecular flexibility index (Phi) is 8.44. The van der Waals surface area contributed by atoms with E-state index in [1.807, 2.05) is 6.92 Å². The van der Waals surface area contributed by atoms with E-state index in [4.69, 9.17) is 0 Å². The Morgan fingerprint density at radius 3 is 1.25 bits per heavy atom. The molecule has 0 fully saturated rings. The fraction of sp³-hybridized carbons (Fsp3) is 0.333. The Bertz CT molecular complexity index is 1050. The second-order valence-electron chi connectivity index (χ2n) is 10.2. The Labute approximate surface area is 195 Å². The van der Waals surface area contributed by atoms with Crippen LogP contribution in [0.15, 0.2) is 77.7 Å². The van der Waals surface area contributed by atoms with Crippen molar-refractivity contribution in [2.45, 2.75) is 64.2 Å². The quantitative estimate of drug-likeness (QED) is 0.373. The summed E-state index contributed by atoms with van der Waals surface area (Å²) in [5, 5.41) is 2.93. The van der Waals surface area contributed by atoms with E-state index >= 15 is 0 Å². The largest absolute Gasteiger partial charge is 0.744 e. The predicted octanol–water partition coefficient (Wildman–Crippen LogP) is 5.54.